The topological polar surface area (TPSA) is 46.4 Å². The summed E-state index contributed by atoms with van der Waals surface area (Å²) in [6.45, 7) is 0.355. The number of aromatic nitrogens is 2. The summed E-state index contributed by atoms with van der Waals surface area (Å²) in [7, 11) is 0. The molecule has 3 aromatic rings. The van der Waals surface area contributed by atoms with E-state index in [0.717, 1.165) is 16.9 Å². The number of rotatable bonds is 4. The van der Waals surface area contributed by atoms with E-state index in [0.29, 0.717) is 6.54 Å². The van der Waals surface area contributed by atoms with Gasteiger partial charge in [0.05, 0.1) is 12.2 Å². The van der Waals surface area contributed by atoms with E-state index in [9.17, 15) is 9.18 Å². The second-order valence-corrected chi connectivity index (χ2v) is 4.80. The number of halogens is 1. The molecule has 0 spiro atoms. The van der Waals surface area contributed by atoms with Gasteiger partial charge >= 0.3 is 0 Å². The molecule has 0 aliphatic carbocycles. The minimum atomic E-state index is -0.298. The van der Waals surface area contributed by atoms with Gasteiger partial charge in [-0.25, -0.2) is 9.37 Å². The van der Waals surface area contributed by atoms with Gasteiger partial charge in [-0.05, 0) is 35.9 Å². The Morgan fingerprint density at radius 1 is 1.23 bits per heavy atom. The normalized spacial score (nSPS) is 11.1. The molecule has 0 aliphatic heterocycles. The molecule has 3 rings (SSSR count). The van der Waals surface area contributed by atoms with Gasteiger partial charge in [0.25, 0.3) is 0 Å². The molecule has 0 aliphatic rings. The number of hydrogen-bond donors (Lipinski definition) is 1. The first kappa shape index (κ1) is 14.0. The molecule has 1 amide bonds. The van der Waals surface area contributed by atoms with Crippen molar-refractivity contribution < 1.29 is 9.18 Å². The monoisotopic (exact) mass is 295 g/mol. The van der Waals surface area contributed by atoms with Crippen LogP contribution in [0.1, 0.15) is 11.3 Å². The maximum atomic E-state index is 12.8. The molecule has 22 heavy (non-hydrogen) atoms. The molecule has 2 aromatic heterocycles. The number of carbonyl (C=O) groups is 1. The fourth-order valence-electron chi connectivity index (χ4n) is 2.05. The summed E-state index contributed by atoms with van der Waals surface area (Å²) >= 11 is 0. The van der Waals surface area contributed by atoms with Crippen LogP contribution in [0.5, 0.6) is 0 Å². The molecule has 5 heteroatoms. The summed E-state index contributed by atoms with van der Waals surface area (Å²) < 4.78 is 14.7. The van der Waals surface area contributed by atoms with Gasteiger partial charge in [-0.15, -0.1) is 0 Å². The Bertz CT molecular complexity index is 788. The van der Waals surface area contributed by atoms with Crippen LogP contribution in [-0.4, -0.2) is 15.3 Å². The van der Waals surface area contributed by atoms with Crippen molar-refractivity contribution >= 4 is 17.6 Å². The Morgan fingerprint density at radius 3 is 2.82 bits per heavy atom. The molecule has 0 atom stereocenters. The first-order chi connectivity index (χ1) is 10.7. The maximum absolute atomic E-state index is 12.8. The third kappa shape index (κ3) is 3.38. The highest BCUT2D eigenvalue weighted by molar-refractivity contribution is 5.91. The van der Waals surface area contributed by atoms with E-state index in [2.05, 4.69) is 10.3 Å². The van der Waals surface area contributed by atoms with E-state index in [4.69, 9.17) is 0 Å². The van der Waals surface area contributed by atoms with Gasteiger partial charge in [0, 0.05) is 18.5 Å². The molecule has 1 aromatic carbocycles. The van der Waals surface area contributed by atoms with Crippen molar-refractivity contribution in [3.05, 3.63) is 78.0 Å². The fraction of sp³-hybridized carbons (Fsp3) is 0.0588. The first-order valence-corrected chi connectivity index (χ1v) is 6.85. The summed E-state index contributed by atoms with van der Waals surface area (Å²) in [5, 5.41) is 2.77. The number of carbonyl (C=O) groups excluding carboxylic acids is 1. The van der Waals surface area contributed by atoms with Gasteiger partial charge < -0.3 is 9.72 Å². The van der Waals surface area contributed by atoms with Crippen LogP contribution < -0.4 is 5.32 Å². The van der Waals surface area contributed by atoms with Crippen molar-refractivity contribution in [1.82, 2.24) is 14.7 Å². The van der Waals surface area contributed by atoms with Crippen LogP contribution in [0.15, 0.2) is 60.9 Å². The molecule has 0 fully saturated rings. The van der Waals surface area contributed by atoms with Crippen molar-refractivity contribution in [2.24, 2.45) is 0 Å². The zero-order chi connectivity index (χ0) is 15.4. The maximum Gasteiger partial charge on any atom is 0.244 e. The number of fused-ring (bicyclic) bond motifs is 1. The average Bonchev–Trinajstić information content (AvgIpc) is 2.95. The summed E-state index contributed by atoms with van der Waals surface area (Å²) in [6.07, 6.45) is 6.84. The quantitative estimate of drug-likeness (QED) is 0.752. The van der Waals surface area contributed by atoms with Crippen molar-refractivity contribution in [2.75, 3.05) is 0 Å². The zero-order valence-corrected chi connectivity index (χ0v) is 11.7. The first-order valence-electron chi connectivity index (χ1n) is 6.85. The van der Waals surface area contributed by atoms with Crippen molar-refractivity contribution in [2.45, 2.75) is 6.54 Å². The second-order valence-electron chi connectivity index (χ2n) is 4.80. The number of hydrogen-bond acceptors (Lipinski definition) is 2. The van der Waals surface area contributed by atoms with Gasteiger partial charge in [-0.1, -0.05) is 18.2 Å². The number of imidazole rings is 1. The van der Waals surface area contributed by atoms with Gasteiger partial charge in [0.15, 0.2) is 0 Å². The molecule has 0 bridgehead atoms. The molecule has 0 unspecified atom stereocenters. The smallest absolute Gasteiger partial charge is 0.244 e. The third-order valence-electron chi connectivity index (χ3n) is 3.15. The Hall–Kier alpha value is -2.95. The van der Waals surface area contributed by atoms with E-state index in [1.165, 1.54) is 18.2 Å². The SMILES string of the molecule is O=C(/C=C/c1ccc(F)cc1)NCc1cn2ccccc2n1. The van der Waals surface area contributed by atoms with E-state index in [1.54, 1.807) is 18.2 Å². The second kappa shape index (κ2) is 6.22. The van der Waals surface area contributed by atoms with Crippen LogP contribution in [-0.2, 0) is 11.3 Å². The van der Waals surface area contributed by atoms with Crippen molar-refractivity contribution in [1.29, 1.82) is 0 Å². The van der Waals surface area contributed by atoms with Crippen LogP contribution in [0.25, 0.3) is 11.7 Å². The lowest BCUT2D eigenvalue weighted by atomic mass is 10.2. The largest absolute Gasteiger partial charge is 0.347 e. The highest BCUT2D eigenvalue weighted by Gasteiger charge is 2.02. The summed E-state index contributed by atoms with van der Waals surface area (Å²) in [4.78, 5) is 16.2. The molecular weight excluding hydrogens is 281 g/mol. The van der Waals surface area contributed by atoms with E-state index < -0.39 is 0 Å². The summed E-state index contributed by atoms with van der Waals surface area (Å²) in [5.41, 5.74) is 2.40. The van der Waals surface area contributed by atoms with Crippen LogP contribution >= 0.6 is 0 Å². The number of nitrogens with zero attached hydrogens (tertiary/aromatic N) is 2. The van der Waals surface area contributed by atoms with E-state index in [-0.39, 0.29) is 11.7 Å². The Morgan fingerprint density at radius 2 is 2.05 bits per heavy atom. The highest BCUT2D eigenvalue weighted by atomic mass is 19.1. The highest BCUT2D eigenvalue weighted by Crippen LogP contribution is 2.05. The lowest BCUT2D eigenvalue weighted by molar-refractivity contribution is -0.116. The lowest BCUT2D eigenvalue weighted by Crippen LogP contribution is -2.20. The zero-order valence-electron chi connectivity index (χ0n) is 11.7. The molecule has 110 valence electrons. The molecule has 0 saturated heterocycles. The standard InChI is InChI=1S/C17H14FN3O/c18-14-7-4-13(5-8-14)6-9-17(22)19-11-15-12-21-10-2-1-3-16(21)20-15/h1-10,12H,11H2,(H,19,22)/b9-6+. The van der Waals surface area contributed by atoms with Gasteiger partial charge in [0.2, 0.25) is 5.91 Å². The Labute approximate surface area is 126 Å². The van der Waals surface area contributed by atoms with Crippen molar-refractivity contribution in [3.8, 4) is 0 Å². The van der Waals surface area contributed by atoms with E-state index in [1.807, 2.05) is 35.0 Å². The minimum Gasteiger partial charge on any atom is -0.347 e. The summed E-state index contributed by atoms with van der Waals surface area (Å²) in [5.74, 6) is -0.519. The minimum absolute atomic E-state index is 0.221. The van der Waals surface area contributed by atoms with Gasteiger partial charge in [-0.2, -0.15) is 0 Å². The number of pyridine rings is 1. The van der Waals surface area contributed by atoms with Gasteiger partial charge in [-0.3, -0.25) is 4.79 Å². The Kier molecular flexibility index (Phi) is 3.96. The van der Waals surface area contributed by atoms with E-state index >= 15 is 0 Å². The number of benzene rings is 1. The van der Waals surface area contributed by atoms with Crippen LogP contribution in [0.2, 0.25) is 0 Å². The van der Waals surface area contributed by atoms with Crippen LogP contribution in [0, 0.1) is 5.82 Å². The third-order valence-corrected chi connectivity index (χ3v) is 3.15. The molecule has 0 radical (unpaired) electrons. The molecule has 0 saturated carbocycles. The fourth-order valence-corrected chi connectivity index (χ4v) is 2.05. The molecule has 1 N–H and O–H groups in total. The van der Waals surface area contributed by atoms with Gasteiger partial charge in [0.1, 0.15) is 11.5 Å². The number of nitrogens with one attached hydrogen (secondary N) is 1. The predicted molar refractivity (Wildman–Crippen MR) is 82.5 cm³/mol. The summed E-state index contributed by atoms with van der Waals surface area (Å²) in [6, 6.07) is 11.7. The van der Waals surface area contributed by atoms with Crippen molar-refractivity contribution in [3.63, 3.8) is 0 Å². The lowest BCUT2D eigenvalue weighted by Gasteiger charge is -1.98. The Balaban J connectivity index is 1.58. The molecular formula is C17H14FN3O. The van der Waals surface area contributed by atoms with Crippen LogP contribution in [0.4, 0.5) is 4.39 Å². The number of amides is 1. The van der Waals surface area contributed by atoms with Crippen LogP contribution in [0.3, 0.4) is 0 Å². The molecule has 2 heterocycles. The average molecular weight is 295 g/mol. The molecule has 4 nitrogen and oxygen atoms in total. The predicted octanol–water partition coefficient (Wildman–Crippen LogP) is 2.80.